The Hall–Kier alpha value is -0.990. The molecule has 0 amide bonds. The Morgan fingerprint density at radius 2 is 1.76 bits per heavy atom. The Balaban J connectivity index is 2.77. The summed E-state index contributed by atoms with van der Waals surface area (Å²) in [7, 11) is 0. The van der Waals surface area contributed by atoms with Crippen LogP contribution in [0.3, 0.4) is 0 Å². The lowest BCUT2D eigenvalue weighted by atomic mass is 10.0. The number of rotatable bonds is 6. The second-order valence-electron chi connectivity index (χ2n) is 5.15. The molecule has 0 unspecified atom stereocenters. The SMILES string of the molecule is CCC(CC)CNc1c(C)nn(C(C)C)c1C. The van der Waals surface area contributed by atoms with Gasteiger partial charge in [0.15, 0.2) is 0 Å². The number of hydrogen-bond donors (Lipinski definition) is 1. The molecule has 1 N–H and O–H groups in total. The maximum absolute atomic E-state index is 4.59. The van der Waals surface area contributed by atoms with Crippen LogP contribution in [0.5, 0.6) is 0 Å². The van der Waals surface area contributed by atoms with Gasteiger partial charge in [0, 0.05) is 12.6 Å². The van der Waals surface area contributed by atoms with E-state index in [1.807, 2.05) is 0 Å². The van der Waals surface area contributed by atoms with Crippen LogP contribution in [0.4, 0.5) is 5.69 Å². The Morgan fingerprint density at radius 3 is 2.18 bits per heavy atom. The summed E-state index contributed by atoms with van der Waals surface area (Å²) in [5, 5.41) is 8.17. The number of aromatic nitrogens is 2. The fourth-order valence-electron chi connectivity index (χ4n) is 2.25. The van der Waals surface area contributed by atoms with Gasteiger partial charge in [0.2, 0.25) is 0 Å². The van der Waals surface area contributed by atoms with Crippen LogP contribution in [0, 0.1) is 19.8 Å². The van der Waals surface area contributed by atoms with Crippen LogP contribution in [-0.2, 0) is 0 Å². The maximum atomic E-state index is 4.59. The van der Waals surface area contributed by atoms with Gasteiger partial charge in [0.25, 0.3) is 0 Å². The molecule has 0 bridgehead atoms. The summed E-state index contributed by atoms with van der Waals surface area (Å²) < 4.78 is 2.10. The van der Waals surface area contributed by atoms with Crippen molar-refractivity contribution in [3.05, 3.63) is 11.4 Å². The third kappa shape index (κ3) is 3.24. The van der Waals surface area contributed by atoms with Gasteiger partial charge in [-0.2, -0.15) is 5.10 Å². The van der Waals surface area contributed by atoms with Crippen molar-refractivity contribution >= 4 is 5.69 Å². The van der Waals surface area contributed by atoms with E-state index in [0.717, 1.165) is 18.2 Å². The average Bonchev–Trinajstić information content (AvgIpc) is 2.57. The molecule has 3 nitrogen and oxygen atoms in total. The van der Waals surface area contributed by atoms with Gasteiger partial charge in [-0.1, -0.05) is 26.7 Å². The van der Waals surface area contributed by atoms with Gasteiger partial charge in [-0.05, 0) is 33.6 Å². The van der Waals surface area contributed by atoms with E-state index in [-0.39, 0.29) is 0 Å². The van der Waals surface area contributed by atoms with Crippen LogP contribution in [0.15, 0.2) is 0 Å². The van der Waals surface area contributed by atoms with Gasteiger partial charge < -0.3 is 5.32 Å². The molecule has 0 aromatic carbocycles. The Labute approximate surface area is 106 Å². The third-order valence-corrected chi connectivity index (χ3v) is 3.54. The van der Waals surface area contributed by atoms with E-state index in [1.165, 1.54) is 24.2 Å². The number of anilines is 1. The Morgan fingerprint density at radius 1 is 1.18 bits per heavy atom. The van der Waals surface area contributed by atoms with Crippen molar-refractivity contribution in [2.45, 2.75) is 60.4 Å². The van der Waals surface area contributed by atoms with E-state index in [9.17, 15) is 0 Å². The Kier molecular flexibility index (Phi) is 5.03. The fraction of sp³-hybridized carbons (Fsp3) is 0.786. The quantitative estimate of drug-likeness (QED) is 0.812. The van der Waals surface area contributed by atoms with Crippen LogP contribution >= 0.6 is 0 Å². The first-order chi connectivity index (χ1) is 8.01. The monoisotopic (exact) mass is 237 g/mol. The zero-order chi connectivity index (χ0) is 13.0. The topological polar surface area (TPSA) is 29.9 Å². The van der Waals surface area contributed by atoms with Crippen molar-refractivity contribution < 1.29 is 0 Å². The number of nitrogens with one attached hydrogen (secondary N) is 1. The molecular weight excluding hydrogens is 210 g/mol. The Bertz CT molecular complexity index is 349. The predicted octanol–water partition coefficient (Wildman–Crippen LogP) is 3.93. The fourth-order valence-corrected chi connectivity index (χ4v) is 2.25. The molecule has 98 valence electrons. The molecule has 0 aliphatic heterocycles. The second kappa shape index (κ2) is 6.08. The molecule has 1 aromatic heterocycles. The predicted molar refractivity (Wildman–Crippen MR) is 74.6 cm³/mol. The van der Waals surface area contributed by atoms with Crippen LogP contribution < -0.4 is 5.32 Å². The van der Waals surface area contributed by atoms with Crippen molar-refractivity contribution in [1.82, 2.24) is 9.78 Å². The molecule has 0 fully saturated rings. The molecule has 1 heterocycles. The number of nitrogens with zero attached hydrogens (tertiary/aromatic N) is 2. The lowest BCUT2D eigenvalue weighted by Gasteiger charge is -2.15. The molecule has 0 saturated carbocycles. The molecule has 1 aromatic rings. The number of hydrogen-bond acceptors (Lipinski definition) is 2. The van der Waals surface area contributed by atoms with Crippen molar-refractivity contribution in [2.24, 2.45) is 5.92 Å². The summed E-state index contributed by atoms with van der Waals surface area (Å²) in [4.78, 5) is 0. The third-order valence-electron chi connectivity index (χ3n) is 3.54. The molecule has 0 radical (unpaired) electrons. The zero-order valence-corrected chi connectivity index (χ0v) is 12.2. The summed E-state index contributed by atoms with van der Waals surface area (Å²) >= 11 is 0. The van der Waals surface area contributed by atoms with Crippen LogP contribution in [0.25, 0.3) is 0 Å². The standard InChI is InChI=1S/C14H27N3/c1-7-13(8-2)9-15-14-11(5)16-17(10(3)4)12(14)6/h10,13,15H,7-9H2,1-6H3. The van der Waals surface area contributed by atoms with E-state index in [4.69, 9.17) is 0 Å². The summed E-state index contributed by atoms with van der Waals surface area (Å²) in [6, 6.07) is 0.428. The van der Waals surface area contributed by atoms with Crippen LogP contribution in [0.2, 0.25) is 0 Å². The van der Waals surface area contributed by atoms with E-state index in [0.29, 0.717) is 6.04 Å². The average molecular weight is 237 g/mol. The van der Waals surface area contributed by atoms with Crippen LogP contribution in [0.1, 0.15) is 58.0 Å². The largest absolute Gasteiger partial charge is 0.382 e. The molecule has 3 heteroatoms. The van der Waals surface area contributed by atoms with Crippen molar-refractivity contribution in [3.63, 3.8) is 0 Å². The highest BCUT2D eigenvalue weighted by atomic mass is 15.3. The molecule has 1 rings (SSSR count). The summed E-state index contributed by atoms with van der Waals surface area (Å²) in [5.74, 6) is 0.760. The molecule has 17 heavy (non-hydrogen) atoms. The van der Waals surface area contributed by atoms with Crippen LogP contribution in [-0.4, -0.2) is 16.3 Å². The lowest BCUT2D eigenvalue weighted by Crippen LogP contribution is -2.13. The molecule has 0 saturated heterocycles. The highest BCUT2D eigenvalue weighted by Gasteiger charge is 2.13. The minimum absolute atomic E-state index is 0.428. The first-order valence-corrected chi connectivity index (χ1v) is 6.80. The number of aryl methyl sites for hydroxylation is 1. The van der Waals surface area contributed by atoms with E-state index >= 15 is 0 Å². The minimum atomic E-state index is 0.428. The van der Waals surface area contributed by atoms with Crippen molar-refractivity contribution in [3.8, 4) is 0 Å². The molecular formula is C14H27N3. The molecule has 0 atom stereocenters. The second-order valence-corrected chi connectivity index (χ2v) is 5.15. The van der Waals surface area contributed by atoms with Crippen molar-refractivity contribution in [2.75, 3.05) is 11.9 Å². The van der Waals surface area contributed by atoms with Gasteiger partial charge in [-0.25, -0.2) is 0 Å². The molecule has 0 aliphatic rings. The van der Waals surface area contributed by atoms with E-state index in [1.54, 1.807) is 0 Å². The lowest BCUT2D eigenvalue weighted by molar-refractivity contribution is 0.514. The highest BCUT2D eigenvalue weighted by molar-refractivity contribution is 5.52. The zero-order valence-electron chi connectivity index (χ0n) is 12.2. The normalized spacial score (nSPS) is 11.5. The molecule has 0 aliphatic carbocycles. The first kappa shape index (κ1) is 14.1. The van der Waals surface area contributed by atoms with Crippen molar-refractivity contribution in [1.29, 1.82) is 0 Å². The summed E-state index contributed by atoms with van der Waals surface area (Å²) in [6.45, 7) is 14.1. The summed E-state index contributed by atoms with van der Waals surface area (Å²) in [5.41, 5.74) is 3.59. The van der Waals surface area contributed by atoms with Gasteiger partial charge >= 0.3 is 0 Å². The van der Waals surface area contributed by atoms with Gasteiger partial charge in [0.05, 0.1) is 17.1 Å². The van der Waals surface area contributed by atoms with Gasteiger partial charge in [0.1, 0.15) is 0 Å². The first-order valence-electron chi connectivity index (χ1n) is 6.80. The van der Waals surface area contributed by atoms with E-state index < -0.39 is 0 Å². The summed E-state index contributed by atoms with van der Waals surface area (Å²) in [6.07, 6.45) is 2.47. The highest BCUT2D eigenvalue weighted by Crippen LogP contribution is 2.23. The smallest absolute Gasteiger partial charge is 0.0828 e. The van der Waals surface area contributed by atoms with E-state index in [2.05, 4.69) is 56.6 Å². The minimum Gasteiger partial charge on any atom is -0.382 e. The maximum Gasteiger partial charge on any atom is 0.0828 e. The molecule has 0 spiro atoms. The van der Waals surface area contributed by atoms with Gasteiger partial charge in [-0.15, -0.1) is 0 Å². The van der Waals surface area contributed by atoms with Gasteiger partial charge in [-0.3, -0.25) is 4.68 Å².